The van der Waals surface area contributed by atoms with E-state index in [0.717, 1.165) is 0 Å². The fourth-order valence-electron chi connectivity index (χ4n) is 1.06. The molecular formula is C11H16ClN3O. The lowest BCUT2D eigenvalue weighted by Crippen LogP contribution is -2.32. The lowest BCUT2D eigenvalue weighted by Gasteiger charge is -2.08. The van der Waals surface area contributed by atoms with E-state index in [2.05, 4.69) is 15.6 Å². The lowest BCUT2D eigenvalue weighted by molar-refractivity contribution is -0.119. The number of nitrogens with one attached hydrogen (secondary N) is 2. The molecule has 1 rings (SSSR count). The third-order valence-electron chi connectivity index (χ3n) is 1.85. The van der Waals surface area contributed by atoms with Crippen LogP contribution in [0.5, 0.6) is 0 Å². The summed E-state index contributed by atoms with van der Waals surface area (Å²) in [6, 6.07) is 5.23. The molecule has 0 spiro atoms. The molecule has 0 unspecified atom stereocenters. The summed E-state index contributed by atoms with van der Waals surface area (Å²) in [5, 5.41) is 6.12. The van der Waals surface area contributed by atoms with Gasteiger partial charge in [-0.15, -0.1) is 0 Å². The van der Waals surface area contributed by atoms with Gasteiger partial charge >= 0.3 is 0 Å². The number of carbonyl (C=O) groups is 1. The molecule has 0 saturated carbocycles. The van der Waals surface area contributed by atoms with Crippen molar-refractivity contribution in [3.05, 3.63) is 23.4 Å². The van der Waals surface area contributed by atoms with Crippen LogP contribution in [0.4, 0.5) is 5.82 Å². The van der Waals surface area contributed by atoms with Gasteiger partial charge in [-0.05, 0) is 18.1 Å². The third kappa shape index (κ3) is 4.98. The van der Waals surface area contributed by atoms with Crippen molar-refractivity contribution < 1.29 is 4.79 Å². The maximum atomic E-state index is 11.4. The number of aromatic nitrogens is 1. The summed E-state index contributed by atoms with van der Waals surface area (Å²) in [7, 11) is 0. The molecule has 1 aromatic heterocycles. The molecule has 4 nitrogen and oxygen atoms in total. The van der Waals surface area contributed by atoms with E-state index >= 15 is 0 Å². The predicted molar refractivity (Wildman–Crippen MR) is 65.6 cm³/mol. The van der Waals surface area contributed by atoms with Crippen LogP contribution in [0.25, 0.3) is 0 Å². The molecule has 1 aromatic rings. The van der Waals surface area contributed by atoms with E-state index in [0.29, 0.717) is 23.4 Å². The average Bonchev–Trinajstić information content (AvgIpc) is 2.23. The van der Waals surface area contributed by atoms with E-state index in [1.165, 1.54) is 0 Å². The van der Waals surface area contributed by atoms with E-state index in [4.69, 9.17) is 11.6 Å². The Bertz CT molecular complexity index is 355. The van der Waals surface area contributed by atoms with Gasteiger partial charge in [-0.3, -0.25) is 4.79 Å². The Hall–Kier alpha value is -1.29. The molecule has 0 atom stereocenters. The summed E-state index contributed by atoms with van der Waals surface area (Å²) in [5.41, 5.74) is 0. The zero-order chi connectivity index (χ0) is 12.0. The standard InChI is InChI=1S/C11H16ClN3O/c1-8(2)6-14-11(16)7-13-10-5-3-4-9(12)15-10/h3-5,8H,6-7H2,1-2H3,(H,13,15)(H,14,16). The highest BCUT2D eigenvalue weighted by Crippen LogP contribution is 2.08. The number of hydrogen-bond acceptors (Lipinski definition) is 3. The minimum atomic E-state index is -0.0459. The normalized spacial score (nSPS) is 10.2. The van der Waals surface area contributed by atoms with E-state index in [-0.39, 0.29) is 12.5 Å². The van der Waals surface area contributed by atoms with Gasteiger partial charge in [0.25, 0.3) is 0 Å². The Kier molecular flexibility index (Phi) is 5.05. The van der Waals surface area contributed by atoms with Crippen molar-refractivity contribution in [2.45, 2.75) is 13.8 Å². The zero-order valence-electron chi connectivity index (χ0n) is 9.46. The minimum Gasteiger partial charge on any atom is -0.361 e. The Morgan fingerprint density at radius 2 is 2.25 bits per heavy atom. The second-order valence-corrected chi connectivity index (χ2v) is 4.28. The van der Waals surface area contributed by atoms with Crippen LogP contribution in [-0.4, -0.2) is 24.0 Å². The lowest BCUT2D eigenvalue weighted by atomic mass is 10.2. The number of halogens is 1. The number of carbonyl (C=O) groups excluding carboxylic acids is 1. The minimum absolute atomic E-state index is 0.0459. The summed E-state index contributed by atoms with van der Waals surface area (Å²) in [4.78, 5) is 15.4. The van der Waals surface area contributed by atoms with Crippen LogP contribution in [-0.2, 0) is 4.79 Å². The summed E-state index contributed by atoms with van der Waals surface area (Å²) in [6.07, 6.45) is 0. The molecule has 88 valence electrons. The fourth-order valence-corrected chi connectivity index (χ4v) is 1.22. The molecule has 16 heavy (non-hydrogen) atoms. The number of anilines is 1. The van der Waals surface area contributed by atoms with Crippen molar-refractivity contribution in [2.75, 3.05) is 18.4 Å². The molecule has 0 aliphatic heterocycles. The zero-order valence-corrected chi connectivity index (χ0v) is 10.2. The Morgan fingerprint density at radius 3 is 2.88 bits per heavy atom. The van der Waals surface area contributed by atoms with Gasteiger partial charge in [0.05, 0.1) is 6.54 Å². The first-order valence-electron chi connectivity index (χ1n) is 5.21. The molecule has 0 radical (unpaired) electrons. The van der Waals surface area contributed by atoms with Gasteiger partial charge in [0, 0.05) is 6.54 Å². The highest BCUT2D eigenvalue weighted by molar-refractivity contribution is 6.29. The number of hydrogen-bond donors (Lipinski definition) is 2. The second-order valence-electron chi connectivity index (χ2n) is 3.90. The van der Waals surface area contributed by atoms with Gasteiger partial charge in [-0.1, -0.05) is 31.5 Å². The average molecular weight is 242 g/mol. The van der Waals surface area contributed by atoms with E-state index in [1.54, 1.807) is 18.2 Å². The molecule has 0 bridgehead atoms. The first kappa shape index (κ1) is 12.8. The first-order chi connectivity index (χ1) is 7.58. The van der Waals surface area contributed by atoms with Crippen LogP contribution < -0.4 is 10.6 Å². The van der Waals surface area contributed by atoms with Gasteiger partial charge in [0.1, 0.15) is 11.0 Å². The summed E-state index contributed by atoms with van der Waals surface area (Å²) >= 11 is 5.71. The Labute approximate surface area is 100 Å². The molecule has 0 fully saturated rings. The first-order valence-corrected chi connectivity index (χ1v) is 5.59. The van der Waals surface area contributed by atoms with Crippen molar-refractivity contribution >= 4 is 23.3 Å². The summed E-state index contributed by atoms with van der Waals surface area (Å²) in [5.74, 6) is 1.01. The van der Waals surface area contributed by atoms with Crippen LogP contribution in [0.3, 0.4) is 0 Å². The second kappa shape index (κ2) is 6.33. The maximum absolute atomic E-state index is 11.4. The number of nitrogens with zero attached hydrogens (tertiary/aromatic N) is 1. The molecule has 0 aliphatic rings. The number of amides is 1. The van der Waals surface area contributed by atoms with Crippen LogP contribution in [0.2, 0.25) is 5.15 Å². The van der Waals surface area contributed by atoms with Gasteiger partial charge in [-0.2, -0.15) is 0 Å². The van der Waals surface area contributed by atoms with Crippen molar-refractivity contribution in [3.8, 4) is 0 Å². The van der Waals surface area contributed by atoms with Gasteiger partial charge in [0.2, 0.25) is 5.91 Å². The largest absolute Gasteiger partial charge is 0.361 e. The summed E-state index contributed by atoms with van der Waals surface area (Å²) in [6.45, 7) is 4.99. The monoisotopic (exact) mass is 241 g/mol. The SMILES string of the molecule is CC(C)CNC(=O)CNc1cccc(Cl)n1. The van der Waals surface area contributed by atoms with Crippen molar-refractivity contribution in [2.24, 2.45) is 5.92 Å². The van der Waals surface area contributed by atoms with E-state index in [1.807, 2.05) is 13.8 Å². The van der Waals surface area contributed by atoms with Gasteiger partial charge in [0.15, 0.2) is 0 Å². The third-order valence-corrected chi connectivity index (χ3v) is 2.06. The van der Waals surface area contributed by atoms with Crippen LogP contribution in [0, 0.1) is 5.92 Å². The number of pyridine rings is 1. The topological polar surface area (TPSA) is 54.0 Å². The van der Waals surface area contributed by atoms with Crippen LogP contribution in [0.1, 0.15) is 13.8 Å². The molecule has 1 amide bonds. The van der Waals surface area contributed by atoms with Crippen molar-refractivity contribution in [3.63, 3.8) is 0 Å². The molecule has 1 heterocycles. The van der Waals surface area contributed by atoms with E-state index in [9.17, 15) is 4.79 Å². The fraction of sp³-hybridized carbons (Fsp3) is 0.455. The van der Waals surface area contributed by atoms with Gasteiger partial charge in [-0.25, -0.2) is 4.98 Å². The highest BCUT2D eigenvalue weighted by atomic mass is 35.5. The molecule has 0 aromatic carbocycles. The molecule has 2 N–H and O–H groups in total. The molecule has 0 aliphatic carbocycles. The molecule has 5 heteroatoms. The molecular weight excluding hydrogens is 226 g/mol. The van der Waals surface area contributed by atoms with Crippen molar-refractivity contribution in [1.29, 1.82) is 0 Å². The predicted octanol–water partition coefficient (Wildman–Crippen LogP) is 1.92. The maximum Gasteiger partial charge on any atom is 0.239 e. The van der Waals surface area contributed by atoms with Crippen molar-refractivity contribution in [1.82, 2.24) is 10.3 Å². The molecule has 0 saturated heterocycles. The van der Waals surface area contributed by atoms with Crippen LogP contribution in [0.15, 0.2) is 18.2 Å². The number of rotatable bonds is 5. The Morgan fingerprint density at radius 1 is 1.50 bits per heavy atom. The smallest absolute Gasteiger partial charge is 0.239 e. The highest BCUT2D eigenvalue weighted by Gasteiger charge is 2.02. The van der Waals surface area contributed by atoms with Gasteiger partial charge < -0.3 is 10.6 Å². The van der Waals surface area contributed by atoms with E-state index < -0.39 is 0 Å². The Balaban J connectivity index is 2.31. The quantitative estimate of drug-likeness (QED) is 0.775. The summed E-state index contributed by atoms with van der Waals surface area (Å²) < 4.78 is 0. The van der Waals surface area contributed by atoms with Crippen LogP contribution >= 0.6 is 11.6 Å².